The minimum Gasteiger partial charge on any atom is -0.383 e. The summed E-state index contributed by atoms with van der Waals surface area (Å²) < 4.78 is 0.809. The first-order chi connectivity index (χ1) is 9.13. The average molecular weight is 340 g/mol. The lowest BCUT2D eigenvalue weighted by atomic mass is 10.3. The third-order valence-corrected chi connectivity index (χ3v) is 4.35. The first kappa shape index (κ1) is 13.8. The van der Waals surface area contributed by atoms with Gasteiger partial charge in [0.15, 0.2) is 0 Å². The van der Waals surface area contributed by atoms with E-state index in [2.05, 4.69) is 26.2 Å². The van der Waals surface area contributed by atoms with Gasteiger partial charge >= 0.3 is 5.69 Å². The first-order valence-corrected chi connectivity index (χ1v) is 6.98. The molecule has 2 aromatic rings. The normalized spacial score (nSPS) is 10.2. The molecule has 0 fully saturated rings. The highest BCUT2D eigenvalue weighted by atomic mass is 79.9. The van der Waals surface area contributed by atoms with Gasteiger partial charge < -0.3 is 5.32 Å². The van der Waals surface area contributed by atoms with Crippen molar-refractivity contribution in [2.24, 2.45) is 0 Å². The molecule has 0 saturated carbocycles. The number of aromatic nitrogens is 1. The third-order valence-electron chi connectivity index (χ3n) is 2.38. The highest BCUT2D eigenvalue weighted by Crippen LogP contribution is 2.40. The van der Waals surface area contributed by atoms with E-state index in [1.54, 1.807) is 37.5 Å². The van der Waals surface area contributed by atoms with Crippen LogP contribution in [0, 0.1) is 10.1 Å². The predicted molar refractivity (Wildman–Crippen MR) is 78.7 cm³/mol. The zero-order valence-corrected chi connectivity index (χ0v) is 12.4. The van der Waals surface area contributed by atoms with Gasteiger partial charge in [-0.25, -0.2) is 4.98 Å². The average Bonchev–Trinajstić information content (AvgIpc) is 2.40. The van der Waals surface area contributed by atoms with Crippen molar-refractivity contribution in [2.75, 3.05) is 12.4 Å². The fourth-order valence-corrected chi connectivity index (χ4v) is 2.96. The van der Waals surface area contributed by atoms with Gasteiger partial charge in [0.2, 0.25) is 0 Å². The Balaban J connectivity index is 2.46. The number of pyridine rings is 1. The molecule has 0 aliphatic rings. The molecule has 0 radical (unpaired) electrons. The Morgan fingerprint density at radius 3 is 2.79 bits per heavy atom. The van der Waals surface area contributed by atoms with Gasteiger partial charge in [0.25, 0.3) is 0 Å². The lowest BCUT2D eigenvalue weighted by Crippen LogP contribution is -1.98. The van der Waals surface area contributed by atoms with Crippen LogP contribution >= 0.6 is 27.7 Å². The molecule has 1 aromatic carbocycles. The molecule has 1 N–H and O–H groups in total. The summed E-state index contributed by atoms with van der Waals surface area (Å²) in [5.74, 6) is 0. The second kappa shape index (κ2) is 6.03. The van der Waals surface area contributed by atoms with E-state index in [1.807, 2.05) is 6.07 Å². The minimum absolute atomic E-state index is 0.0625. The molecule has 1 aromatic heterocycles. The van der Waals surface area contributed by atoms with Gasteiger partial charge in [-0.05, 0) is 40.2 Å². The van der Waals surface area contributed by atoms with Crippen LogP contribution < -0.4 is 5.32 Å². The summed E-state index contributed by atoms with van der Waals surface area (Å²) in [6.45, 7) is 0. The van der Waals surface area contributed by atoms with Gasteiger partial charge in [-0.3, -0.25) is 10.1 Å². The van der Waals surface area contributed by atoms with Crippen LogP contribution in [-0.2, 0) is 0 Å². The van der Waals surface area contributed by atoms with E-state index in [4.69, 9.17) is 0 Å². The lowest BCUT2D eigenvalue weighted by molar-refractivity contribution is -0.386. The van der Waals surface area contributed by atoms with Crippen molar-refractivity contribution in [2.45, 2.75) is 9.92 Å². The van der Waals surface area contributed by atoms with Gasteiger partial charge in [-0.15, -0.1) is 0 Å². The number of anilines is 1. The number of halogens is 1. The predicted octanol–water partition coefficient (Wildman–Crippen LogP) is 3.95. The van der Waals surface area contributed by atoms with Gasteiger partial charge in [-0.2, -0.15) is 0 Å². The van der Waals surface area contributed by atoms with Crippen LogP contribution in [0.25, 0.3) is 0 Å². The Morgan fingerprint density at radius 1 is 1.37 bits per heavy atom. The number of hydrogen-bond donors (Lipinski definition) is 1. The highest BCUT2D eigenvalue weighted by molar-refractivity contribution is 9.10. The SMILES string of the molecule is CNc1cccc(Sc2ncccc2Br)c1[N+](=O)[O-]. The Labute approximate surface area is 122 Å². The summed E-state index contributed by atoms with van der Waals surface area (Å²) in [7, 11) is 1.66. The molecule has 19 heavy (non-hydrogen) atoms. The molecule has 0 atom stereocenters. The van der Waals surface area contributed by atoms with E-state index in [9.17, 15) is 10.1 Å². The minimum atomic E-state index is -0.384. The molecule has 0 amide bonds. The lowest BCUT2D eigenvalue weighted by Gasteiger charge is -2.07. The maximum Gasteiger partial charge on any atom is 0.306 e. The molecule has 98 valence electrons. The second-order valence-electron chi connectivity index (χ2n) is 3.55. The molecule has 0 aliphatic carbocycles. The van der Waals surface area contributed by atoms with E-state index in [0.717, 1.165) is 4.47 Å². The molecule has 0 bridgehead atoms. The molecule has 0 spiro atoms. The van der Waals surface area contributed by atoms with Crippen molar-refractivity contribution in [3.63, 3.8) is 0 Å². The van der Waals surface area contributed by atoms with Crippen LogP contribution in [0.3, 0.4) is 0 Å². The zero-order valence-electron chi connectivity index (χ0n) is 9.96. The second-order valence-corrected chi connectivity index (χ2v) is 5.44. The van der Waals surface area contributed by atoms with Crippen molar-refractivity contribution in [3.8, 4) is 0 Å². The smallest absolute Gasteiger partial charge is 0.306 e. The Hall–Kier alpha value is -1.60. The quantitative estimate of drug-likeness (QED) is 0.674. The number of nitrogens with one attached hydrogen (secondary N) is 1. The summed E-state index contributed by atoms with van der Waals surface area (Å²) in [6.07, 6.45) is 1.65. The van der Waals surface area contributed by atoms with E-state index < -0.39 is 0 Å². The van der Waals surface area contributed by atoms with E-state index in [0.29, 0.717) is 15.6 Å². The summed E-state index contributed by atoms with van der Waals surface area (Å²) in [4.78, 5) is 15.6. The largest absolute Gasteiger partial charge is 0.383 e. The van der Waals surface area contributed by atoms with Gasteiger partial charge in [-0.1, -0.05) is 17.8 Å². The first-order valence-electron chi connectivity index (χ1n) is 5.37. The number of hydrogen-bond acceptors (Lipinski definition) is 5. The molecule has 2 rings (SSSR count). The number of rotatable bonds is 4. The number of nitro benzene ring substituents is 1. The summed E-state index contributed by atoms with van der Waals surface area (Å²) >= 11 is 4.64. The van der Waals surface area contributed by atoms with E-state index >= 15 is 0 Å². The number of nitrogens with zero attached hydrogens (tertiary/aromatic N) is 2. The Morgan fingerprint density at radius 2 is 2.16 bits per heavy atom. The van der Waals surface area contributed by atoms with Gasteiger partial charge in [0, 0.05) is 13.2 Å². The van der Waals surface area contributed by atoms with Crippen molar-refractivity contribution in [3.05, 3.63) is 51.1 Å². The monoisotopic (exact) mass is 339 g/mol. The van der Waals surface area contributed by atoms with Gasteiger partial charge in [0.05, 0.1) is 14.3 Å². The topological polar surface area (TPSA) is 68.1 Å². The van der Waals surface area contributed by atoms with E-state index in [1.165, 1.54) is 11.8 Å². The summed E-state index contributed by atoms with van der Waals surface area (Å²) in [5.41, 5.74) is 0.551. The molecule has 1 heterocycles. The Bertz CT molecular complexity index is 622. The standard InChI is InChI=1S/C12H10BrN3O2S/c1-14-9-5-2-6-10(11(9)16(17)18)19-12-8(13)4-3-7-15-12/h2-7,14H,1H3. The van der Waals surface area contributed by atoms with Crippen LogP contribution in [0.15, 0.2) is 50.9 Å². The number of para-hydroxylation sites is 1. The fourth-order valence-electron chi connectivity index (χ4n) is 1.55. The molecule has 0 aliphatic heterocycles. The molecule has 0 saturated heterocycles. The van der Waals surface area contributed by atoms with Crippen LogP contribution in [0.4, 0.5) is 11.4 Å². The molecular formula is C12H10BrN3O2S. The number of nitro groups is 1. The molecular weight excluding hydrogens is 330 g/mol. The fraction of sp³-hybridized carbons (Fsp3) is 0.0833. The van der Waals surface area contributed by atoms with E-state index in [-0.39, 0.29) is 10.6 Å². The van der Waals surface area contributed by atoms with Crippen LogP contribution in [0.2, 0.25) is 0 Å². The van der Waals surface area contributed by atoms with Crippen LogP contribution in [0.1, 0.15) is 0 Å². The van der Waals surface area contributed by atoms with Crippen molar-refractivity contribution in [1.29, 1.82) is 0 Å². The van der Waals surface area contributed by atoms with Crippen LogP contribution in [-0.4, -0.2) is 17.0 Å². The molecule has 7 heteroatoms. The van der Waals surface area contributed by atoms with Crippen molar-refractivity contribution < 1.29 is 4.92 Å². The summed E-state index contributed by atoms with van der Waals surface area (Å²) in [5, 5.41) is 14.7. The maximum absolute atomic E-state index is 11.2. The zero-order chi connectivity index (χ0) is 13.8. The highest BCUT2D eigenvalue weighted by Gasteiger charge is 2.20. The van der Waals surface area contributed by atoms with Crippen LogP contribution in [0.5, 0.6) is 0 Å². The third kappa shape index (κ3) is 3.05. The molecule has 0 unspecified atom stereocenters. The van der Waals surface area contributed by atoms with Gasteiger partial charge in [0.1, 0.15) is 10.7 Å². The maximum atomic E-state index is 11.2. The molecule has 5 nitrogen and oxygen atoms in total. The summed E-state index contributed by atoms with van der Waals surface area (Å²) in [6, 6.07) is 8.81. The van der Waals surface area contributed by atoms with Crippen molar-refractivity contribution >= 4 is 39.1 Å². The Kier molecular flexibility index (Phi) is 4.39. The number of benzene rings is 1. The van der Waals surface area contributed by atoms with Crippen molar-refractivity contribution in [1.82, 2.24) is 4.98 Å².